The molecule has 0 fully saturated rings. The SMILES string of the molecule is CC(=O)N[CH]C(NC(C)=O)C(=O)c1ccccn1. The number of hydrogen-bond acceptors (Lipinski definition) is 4. The molecular weight excluding hydrogens is 234 g/mol. The summed E-state index contributed by atoms with van der Waals surface area (Å²) in [5.41, 5.74) is 0.220. The van der Waals surface area contributed by atoms with Crippen molar-refractivity contribution in [3.8, 4) is 0 Å². The maximum Gasteiger partial charge on any atom is 0.217 e. The van der Waals surface area contributed by atoms with Crippen molar-refractivity contribution in [2.45, 2.75) is 19.9 Å². The summed E-state index contributed by atoms with van der Waals surface area (Å²) in [6.45, 7) is 3.84. The summed E-state index contributed by atoms with van der Waals surface area (Å²) >= 11 is 0. The number of nitrogens with one attached hydrogen (secondary N) is 2. The molecule has 0 saturated heterocycles. The minimum Gasteiger partial charge on any atom is -0.349 e. The molecule has 6 nitrogen and oxygen atoms in total. The first-order valence-electron chi connectivity index (χ1n) is 5.33. The van der Waals surface area contributed by atoms with E-state index in [1.165, 1.54) is 26.6 Å². The van der Waals surface area contributed by atoms with E-state index in [-0.39, 0.29) is 23.3 Å². The molecule has 2 N–H and O–H groups in total. The molecule has 0 spiro atoms. The number of nitrogens with zero attached hydrogens (tertiary/aromatic N) is 1. The van der Waals surface area contributed by atoms with E-state index >= 15 is 0 Å². The highest BCUT2D eigenvalue weighted by Gasteiger charge is 2.22. The van der Waals surface area contributed by atoms with Crippen molar-refractivity contribution in [2.75, 3.05) is 0 Å². The molecule has 0 aliphatic rings. The largest absolute Gasteiger partial charge is 0.349 e. The van der Waals surface area contributed by atoms with Gasteiger partial charge >= 0.3 is 0 Å². The fraction of sp³-hybridized carbons (Fsp3) is 0.250. The van der Waals surface area contributed by atoms with Crippen LogP contribution >= 0.6 is 0 Å². The van der Waals surface area contributed by atoms with Crippen LogP contribution in [-0.4, -0.2) is 28.6 Å². The Bertz CT molecular complexity index is 445. The van der Waals surface area contributed by atoms with Gasteiger partial charge in [-0.1, -0.05) is 6.07 Å². The summed E-state index contributed by atoms with van der Waals surface area (Å²) < 4.78 is 0. The topological polar surface area (TPSA) is 88.2 Å². The van der Waals surface area contributed by atoms with Crippen molar-refractivity contribution < 1.29 is 14.4 Å². The molecule has 0 aromatic carbocycles. The van der Waals surface area contributed by atoms with Gasteiger partial charge in [-0.15, -0.1) is 0 Å². The zero-order valence-corrected chi connectivity index (χ0v) is 10.1. The van der Waals surface area contributed by atoms with Gasteiger partial charge in [0.25, 0.3) is 0 Å². The lowest BCUT2D eigenvalue weighted by molar-refractivity contribution is -0.120. The van der Waals surface area contributed by atoms with Crippen LogP contribution in [0, 0.1) is 6.54 Å². The Hall–Kier alpha value is -2.24. The van der Waals surface area contributed by atoms with Gasteiger partial charge < -0.3 is 10.6 Å². The van der Waals surface area contributed by atoms with Crippen LogP contribution in [0.2, 0.25) is 0 Å². The molecule has 1 rings (SSSR count). The van der Waals surface area contributed by atoms with Gasteiger partial charge in [-0.3, -0.25) is 19.4 Å². The van der Waals surface area contributed by atoms with E-state index in [2.05, 4.69) is 15.6 Å². The first kappa shape index (κ1) is 13.8. The summed E-state index contributed by atoms with van der Waals surface area (Å²) in [5, 5.41) is 4.81. The van der Waals surface area contributed by atoms with Gasteiger partial charge in [0.1, 0.15) is 11.7 Å². The average molecular weight is 248 g/mol. The van der Waals surface area contributed by atoms with Crippen molar-refractivity contribution in [3.63, 3.8) is 0 Å². The first-order chi connectivity index (χ1) is 8.50. The number of rotatable bonds is 5. The van der Waals surface area contributed by atoms with Crippen LogP contribution in [-0.2, 0) is 9.59 Å². The van der Waals surface area contributed by atoms with Crippen LogP contribution in [0.1, 0.15) is 24.3 Å². The highest BCUT2D eigenvalue weighted by molar-refractivity contribution is 6.01. The summed E-state index contributed by atoms with van der Waals surface area (Å²) in [4.78, 5) is 37.8. The zero-order valence-electron chi connectivity index (χ0n) is 10.1. The van der Waals surface area contributed by atoms with Crippen molar-refractivity contribution >= 4 is 17.6 Å². The normalized spacial score (nSPS) is 11.4. The predicted molar refractivity (Wildman–Crippen MR) is 64.3 cm³/mol. The second kappa shape index (κ2) is 6.48. The maximum absolute atomic E-state index is 12.0. The van der Waals surface area contributed by atoms with Crippen LogP contribution < -0.4 is 10.6 Å². The van der Waals surface area contributed by atoms with Crippen LogP contribution in [0.3, 0.4) is 0 Å². The molecule has 2 amide bonds. The third kappa shape index (κ3) is 4.32. The summed E-state index contributed by atoms with van der Waals surface area (Å²) in [5.74, 6) is -1.08. The monoisotopic (exact) mass is 248 g/mol. The van der Waals surface area contributed by atoms with E-state index in [0.29, 0.717) is 0 Å². The van der Waals surface area contributed by atoms with Gasteiger partial charge in [-0.25, -0.2) is 0 Å². The van der Waals surface area contributed by atoms with Gasteiger partial charge in [-0.2, -0.15) is 0 Å². The van der Waals surface area contributed by atoms with E-state index in [1.54, 1.807) is 18.2 Å². The lowest BCUT2D eigenvalue weighted by Crippen LogP contribution is -2.44. The Labute approximate surface area is 105 Å². The third-order valence-corrected chi connectivity index (χ3v) is 2.01. The van der Waals surface area contributed by atoms with E-state index < -0.39 is 6.04 Å². The number of pyridine rings is 1. The molecule has 1 aromatic rings. The second-order valence-corrected chi connectivity index (χ2v) is 3.62. The van der Waals surface area contributed by atoms with Crippen LogP contribution in [0.4, 0.5) is 0 Å². The molecule has 1 atom stereocenters. The molecule has 1 heterocycles. The van der Waals surface area contributed by atoms with E-state index in [1.807, 2.05) is 0 Å². The third-order valence-electron chi connectivity index (χ3n) is 2.01. The summed E-state index contributed by atoms with van der Waals surface area (Å²) in [7, 11) is 0. The van der Waals surface area contributed by atoms with Gasteiger partial charge in [0.05, 0.1) is 6.54 Å². The Balaban J connectivity index is 2.78. The van der Waals surface area contributed by atoms with E-state index in [0.717, 1.165) is 0 Å². The number of amides is 2. The molecule has 0 saturated carbocycles. The summed E-state index contributed by atoms with van der Waals surface area (Å²) in [6, 6.07) is 3.96. The van der Waals surface area contributed by atoms with Crippen molar-refractivity contribution in [1.29, 1.82) is 0 Å². The molecule has 0 aliphatic carbocycles. The number of carbonyl (C=O) groups excluding carboxylic acids is 3. The molecule has 95 valence electrons. The number of ketones is 1. The fourth-order valence-electron chi connectivity index (χ4n) is 1.27. The Morgan fingerprint density at radius 1 is 1.22 bits per heavy atom. The smallest absolute Gasteiger partial charge is 0.217 e. The number of hydrogen-bond donors (Lipinski definition) is 2. The van der Waals surface area contributed by atoms with E-state index in [4.69, 9.17) is 0 Å². The number of Topliss-reactive ketones (excluding diaryl/α,β-unsaturated/α-hetero) is 1. The molecule has 18 heavy (non-hydrogen) atoms. The number of carbonyl (C=O) groups is 3. The molecule has 0 aliphatic heterocycles. The molecule has 1 aromatic heterocycles. The molecular formula is C12H14N3O3. The van der Waals surface area contributed by atoms with E-state index in [9.17, 15) is 14.4 Å². The van der Waals surface area contributed by atoms with Crippen molar-refractivity contribution in [1.82, 2.24) is 15.6 Å². The summed E-state index contributed by atoms with van der Waals surface area (Å²) in [6.07, 6.45) is 1.48. The van der Waals surface area contributed by atoms with Gasteiger partial charge in [-0.05, 0) is 12.1 Å². The van der Waals surface area contributed by atoms with Crippen molar-refractivity contribution in [3.05, 3.63) is 36.6 Å². The Kier molecular flexibility index (Phi) is 4.98. The highest BCUT2D eigenvalue weighted by Crippen LogP contribution is 2.01. The Morgan fingerprint density at radius 2 is 1.94 bits per heavy atom. The molecule has 1 unspecified atom stereocenters. The molecule has 6 heteroatoms. The minimum absolute atomic E-state index is 0.220. The maximum atomic E-state index is 12.0. The Morgan fingerprint density at radius 3 is 2.44 bits per heavy atom. The average Bonchev–Trinajstić information content (AvgIpc) is 2.34. The second-order valence-electron chi connectivity index (χ2n) is 3.62. The standard InChI is InChI=1S/C12H14N3O3/c1-8(16)14-7-11(15-9(2)17)12(18)10-5-3-4-6-13-10/h3-7,11H,1-2H3,(H,14,16)(H,15,17). The zero-order chi connectivity index (χ0) is 13.5. The van der Waals surface area contributed by atoms with Crippen LogP contribution in [0.25, 0.3) is 0 Å². The quantitative estimate of drug-likeness (QED) is 0.721. The van der Waals surface area contributed by atoms with Gasteiger partial charge in [0.15, 0.2) is 0 Å². The highest BCUT2D eigenvalue weighted by atomic mass is 16.2. The fourth-order valence-corrected chi connectivity index (χ4v) is 1.27. The lowest BCUT2D eigenvalue weighted by Gasteiger charge is -2.15. The van der Waals surface area contributed by atoms with Crippen LogP contribution in [0.15, 0.2) is 24.4 Å². The lowest BCUT2D eigenvalue weighted by atomic mass is 10.1. The number of aromatic nitrogens is 1. The first-order valence-corrected chi connectivity index (χ1v) is 5.33. The predicted octanol–water partition coefficient (Wildman–Crippen LogP) is 0.0669. The van der Waals surface area contributed by atoms with Crippen LogP contribution in [0.5, 0.6) is 0 Å². The molecule has 0 bridgehead atoms. The molecule has 1 radical (unpaired) electrons. The minimum atomic E-state index is -0.929. The van der Waals surface area contributed by atoms with Crippen molar-refractivity contribution in [2.24, 2.45) is 0 Å². The van der Waals surface area contributed by atoms with Gasteiger partial charge in [0.2, 0.25) is 17.6 Å². The van der Waals surface area contributed by atoms with Gasteiger partial charge in [0, 0.05) is 20.0 Å².